The largest absolute Gasteiger partial charge is 0.309 e. The van der Waals surface area contributed by atoms with Crippen molar-refractivity contribution in [2.24, 2.45) is 0 Å². The second-order valence-corrected chi connectivity index (χ2v) is 12.2. The van der Waals surface area contributed by atoms with Crippen molar-refractivity contribution in [3.63, 3.8) is 0 Å². The highest BCUT2D eigenvalue weighted by molar-refractivity contribution is 9.10. The molecule has 2 heterocycles. The molecule has 8 rings (SSSR count). The fourth-order valence-corrected chi connectivity index (χ4v) is 6.52. The van der Waals surface area contributed by atoms with E-state index in [2.05, 4.69) is 93.3 Å². The number of aromatic nitrogens is 4. The molecule has 0 bridgehead atoms. The van der Waals surface area contributed by atoms with Crippen LogP contribution in [0.4, 0.5) is 0 Å². The smallest absolute Gasteiger partial charge is 0.164 e. The predicted octanol–water partition coefficient (Wildman–Crippen LogP) is 10.1. The van der Waals surface area contributed by atoms with Gasteiger partial charge in [-0.1, -0.05) is 88.7 Å². The van der Waals surface area contributed by atoms with E-state index in [1.165, 1.54) is 10.8 Å². The molecule has 0 N–H and O–H groups in total. The van der Waals surface area contributed by atoms with Gasteiger partial charge in [-0.25, -0.2) is 15.0 Å². The summed E-state index contributed by atoms with van der Waals surface area (Å²) in [6.45, 7) is 0. The summed E-state index contributed by atoms with van der Waals surface area (Å²) in [7, 11) is 0. The van der Waals surface area contributed by atoms with Gasteiger partial charge in [0.05, 0.1) is 34.3 Å². The number of hydrogen-bond acceptors (Lipinski definition) is 5. The fourth-order valence-electron chi connectivity index (χ4n) is 6.04. The first-order valence-corrected chi connectivity index (χ1v) is 16.0. The van der Waals surface area contributed by atoms with Gasteiger partial charge in [0, 0.05) is 37.6 Å². The Labute approximate surface area is 285 Å². The molecule has 0 amide bonds. The summed E-state index contributed by atoms with van der Waals surface area (Å²) in [6, 6.07) is 50.3. The van der Waals surface area contributed by atoms with Gasteiger partial charge in [0.25, 0.3) is 0 Å². The molecule has 0 aliphatic carbocycles. The molecule has 48 heavy (non-hydrogen) atoms. The van der Waals surface area contributed by atoms with E-state index in [0.29, 0.717) is 28.6 Å². The summed E-state index contributed by atoms with van der Waals surface area (Å²) >= 11 is 3.77. The fraction of sp³-hybridized carbons (Fsp3) is 0. The Morgan fingerprint density at radius 1 is 0.458 bits per heavy atom. The molecule has 6 nitrogen and oxygen atoms in total. The van der Waals surface area contributed by atoms with Gasteiger partial charge in [0.15, 0.2) is 17.5 Å². The lowest BCUT2D eigenvalue weighted by molar-refractivity contribution is 1.07. The number of nitriles is 2. The van der Waals surface area contributed by atoms with Crippen LogP contribution < -0.4 is 0 Å². The average molecular weight is 680 g/mol. The minimum absolute atomic E-state index is 0.508. The van der Waals surface area contributed by atoms with Gasteiger partial charge < -0.3 is 4.57 Å². The first-order chi connectivity index (χ1) is 23.6. The van der Waals surface area contributed by atoms with Crippen LogP contribution in [-0.4, -0.2) is 19.5 Å². The lowest BCUT2D eigenvalue weighted by Gasteiger charge is -2.13. The molecule has 0 radical (unpaired) electrons. The van der Waals surface area contributed by atoms with E-state index in [1.807, 2.05) is 66.7 Å². The zero-order valence-electron chi connectivity index (χ0n) is 25.3. The van der Waals surface area contributed by atoms with E-state index in [9.17, 15) is 10.5 Å². The van der Waals surface area contributed by atoms with Gasteiger partial charge in [0.2, 0.25) is 0 Å². The van der Waals surface area contributed by atoms with Gasteiger partial charge >= 0.3 is 0 Å². The molecule has 0 aliphatic heterocycles. The second kappa shape index (κ2) is 12.1. The highest BCUT2D eigenvalue weighted by atomic mass is 79.9. The number of para-hydroxylation sites is 2. The molecule has 0 saturated heterocycles. The highest BCUT2D eigenvalue weighted by Gasteiger charge is 2.17. The minimum Gasteiger partial charge on any atom is -0.309 e. The van der Waals surface area contributed by atoms with Gasteiger partial charge in [0.1, 0.15) is 0 Å². The van der Waals surface area contributed by atoms with Gasteiger partial charge in [-0.3, -0.25) is 0 Å². The van der Waals surface area contributed by atoms with E-state index >= 15 is 0 Å². The van der Waals surface area contributed by atoms with E-state index in [4.69, 9.17) is 15.0 Å². The number of halogens is 1. The summed E-state index contributed by atoms with van der Waals surface area (Å²) in [6.07, 6.45) is 0. The summed E-state index contributed by atoms with van der Waals surface area (Å²) in [5, 5.41) is 20.9. The molecule has 0 spiro atoms. The van der Waals surface area contributed by atoms with Crippen LogP contribution >= 0.6 is 15.9 Å². The number of fused-ring (bicyclic) bond motifs is 3. The van der Waals surface area contributed by atoms with Crippen LogP contribution in [0.25, 0.3) is 72.8 Å². The van der Waals surface area contributed by atoms with Crippen molar-refractivity contribution in [1.29, 1.82) is 10.5 Å². The molecular weight excluding hydrogens is 656 g/mol. The first-order valence-electron chi connectivity index (χ1n) is 15.2. The normalized spacial score (nSPS) is 11.0. The van der Waals surface area contributed by atoms with Crippen molar-refractivity contribution in [3.8, 4) is 63.1 Å². The third-order valence-electron chi connectivity index (χ3n) is 8.38. The van der Waals surface area contributed by atoms with Crippen molar-refractivity contribution in [2.75, 3.05) is 0 Å². The van der Waals surface area contributed by atoms with Crippen molar-refractivity contribution in [3.05, 3.63) is 155 Å². The topological polar surface area (TPSA) is 91.2 Å². The van der Waals surface area contributed by atoms with Gasteiger partial charge in [-0.15, -0.1) is 0 Å². The summed E-state index contributed by atoms with van der Waals surface area (Å²) in [5.74, 6) is 1.57. The maximum absolute atomic E-state index is 9.37. The van der Waals surface area contributed by atoms with E-state index in [0.717, 1.165) is 49.0 Å². The third-order valence-corrected chi connectivity index (χ3v) is 8.83. The van der Waals surface area contributed by atoms with Crippen LogP contribution in [0.15, 0.2) is 144 Å². The van der Waals surface area contributed by atoms with Crippen molar-refractivity contribution < 1.29 is 0 Å². The molecule has 7 heteroatoms. The summed E-state index contributed by atoms with van der Waals surface area (Å²) in [5.41, 5.74) is 8.87. The molecular formula is C41H23BrN6. The Morgan fingerprint density at radius 2 is 0.875 bits per heavy atom. The Hall–Kier alpha value is -6.41. The SMILES string of the molecule is N#Cc1ccc(-c2ccc(-c3nc(-c4ccc(C#N)cc4)nc(-c4cc(Br)cc(-n5c6ccccc6c6ccccc65)c4)n3)cc2)cc1. The van der Waals surface area contributed by atoms with E-state index in [1.54, 1.807) is 12.1 Å². The van der Waals surface area contributed by atoms with Crippen LogP contribution in [-0.2, 0) is 0 Å². The second-order valence-electron chi connectivity index (χ2n) is 11.3. The Bertz CT molecular complexity index is 2520. The number of nitrogens with zero attached hydrogens (tertiary/aromatic N) is 6. The maximum atomic E-state index is 9.37. The van der Waals surface area contributed by atoms with Crippen LogP contribution in [0, 0.1) is 22.7 Å². The maximum Gasteiger partial charge on any atom is 0.164 e. The molecule has 0 atom stereocenters. The van der Waals surface area contributed by atoms with E-state index in [-0.39, 0.29) is 0 Å². The lowest BCUT2D eigenvalue weighted by Crippen LogP contribution is -2.01. The molecule has 0 unspecified atom stereocenters. The standard InChI is InChI=1S/C41H23BrN6/c42-33-21-32(22-34(23-33)48-37-7-3-1-5-35(37)36-6-2-4-8-38(36)48)41-46-39(30-15-11-27(25-44)12-16-30)45-40(47-41)31-19-17-29(18-20-31)28-13-9-26(24-43)10-14-28/h1-23H. The first kappa shape index (κ1) is 29.0. The zero-order chi connectivity index (χ0) is 32.6. The number of rotatable bonds is 5. The summed E-state index contributed by atoms with van der Waals surface area (Å²) in [4.78, 5) is 14.9. The molecule has 8 aromatic rings. The molecule has 2 aromatic heterocycles. The summed E-state index contributed by atoms with van der Waals surface area (Å²) < 4.78 is 3.16. The molecule has 224 valence electrons. The molecule has 6 aromatic carbocycles. The van der Waals surface area contributed by atoms with E-state index < -0.39 is 0 Å². The van der Waals surface area contributed by atoms with Crippen LogP contribution in [0.5, 0.6) is 0 Å². The Kier molecular flexibility index (Phi) is 7.30. The number of benzene rings is 6. The Morgan fingerprint density at radius 3 is 1.38 bits per heavy atom. The van der Waals surface area contributed by atoms with Crippen molar-refractivity contribution in [1.82, 2.24) is 19.5 Å². The lowest BCUT2D eigenvalue weighted by atomic mass is 10.0. The van der Waals surface area contributed by atoms with Crippen LogP contribution in [0.2, 0.25) is 0 Å². The van der Waals surface area contributed by atoms with Crippen LogP contribution in [0.1, 0.15) is 11.1 Å². The minimum atomic E-state index is 0.508. The van der Waals surface area contributed by atoms with Crippen molar-refractivity contribution in [2.45, 2.75) is 0 Å². The monoisotopic (exact) mass is 678 g/mol. The zero-order valence-corrected chi connectivity index (χ0v) is 26.9. The molecule has 0 aliphatic rings. The third kappa shape index (κ3) is 5.29. The Balaban J connectivity index is 1.28. The van der Waals surface area contributed by atoms with Gasteiger partial charge in [-0.05, 0) is 77.9 Å². The van der Waals surface area contributed by atoms with Crippen LogP contribution in [0.3, 0.4) is 0 Å². The quantitative estimate of drug-likeness (QED) is 0.181. The molecule has 0 saturated carbocycles. The molecule has 0 fully saturated rings. The van der Waals surface area contributed by atoms with Crippen molar-refractivity contribution >= 4 is 37.7 Å². The number of hydrogen-bond donors (Lipinski definition) is 0. The predicted molar refractivity (Wildman–Crippen MR) is 193 cm³/mol. The van der Waals surface area contributed by atoms with Gasteiger partial charge in [-0.2, -0.15) is 10.5 Å². The highest BCUT2D eigenvalue weighted by Crippen LogP contribution is 2.35. The average Bonchev–Trinajstić information content (AvgIpc) is 3.49.